The van der Waals surface area contributed by atoms with Gasteiger partial charge in [-0.25, -0.2) is 9.59 Å². The highest BCUT2D eigenvalue weighted by atomic mass is 16.5. The predicted molar refractivity (Wildman–Crippen MR) is 67.7 cm³/mol. The molecule has 18 heavy (non-hydrogen) atoms. The van der Waals surface area contributed by atoms with Crippen LogP contribution in [0.4, 0.5) is 0 Å². The first-order chi connectivity index (χ1) is 8.53. The summed E-state index contributed by atoms with van der Waals surface area (Å²) >= 11 is 0. The van der Waals surface area contributed by atoms with Gasteiger partial charge in [-0.3, -0.25) is 0 Å². The molecule has 96 valence electrons. The molecule has 0 fully saturated rings. The van der Waals surface area contributed by atoms with E-state index in [9.17, 15) is 9.59 Å². The number of hydrogen-bond acceptors (Lipinski definition) is 4. The Kier molecular flexibility index (Phi) is 4.66. The zero-order valence-corrected chi connectivity index (χ0v) is 10.7. The van der Waals surface area contributed by atoms with Crippen molar-refractivity contribution in [2.75, 3.05) is 14.2 Å². The molecule has 4 nitrogen and oxygen atoms in total. The monoisotopic (exact) mass is 248 g/mol. The summed E-state index contributed by atoms with van der Waals surface area (Å²) in [6, 6.07) is 4.83. The Bertz CT molecular complexity index is 442. The van der Waals surface area contributed by atoms with E-state index in [-0.39, 0.29) is 5.92 Å². The minimum absolute atomic E-state index is 0.0259. The van der Waals surface area contributed by atoms with E-state index >= 15 is 0 Å². The van der Waals surface area contributed by atoms with Crippen molar-refractivity contribution in [2.24, 2.45) is 0 Å². The Labute approximate surface area is 106 Å². The molecular weight excluding hydrogens is 232 g/mol. The lowest BCUT2D eigenvalue weighted by molar-refractivity contribution is 0.0599. The summed E-state index contributed by atoms with van der Waals surface area (Å²) in [5.41, 5.74) is 1.46. The number of hydrogen-bond donors (Lipinski definition) is 0. The van der Waals surface area contributed by atoms with Crippen LogP contribution in [0.1, 0.15) is 39.1 Å². The SMILES string of the molecule is C=CC(C)c1cc(C(=O)OC)cc(C(=O)OC)c1. The molecule has 0 aromatic heterocycles. The zero-order chi connectivity index (χ0) is 13.7. The van der Waals surface area contributed by atoms with Crippen LogP contribution in [0.2, 0.25) is 0 Å². The fourth-order valence-corrected chi connectivity index (χ4v) is 1.52. The van der Waals surface area contributed by atoms with E-state index in [1.54, 1.807) is 18.2 Å². The van der Waals surface area contributed by atoms with E-state index in [1.807, 2.05) is 6.92 Å². The Hall–Kier alpha value is -2.10. The van der Waals surface area contributed by atoms with Crippen LogP contribution >= 0.6 is 0 Å². The van der Waals surface area contributed by atoms with Crippen LogP contribution in [0.5, 0.6) is 0 Å². The van der Waals surface area contributed by atoms with Crippen LogP contribution < -0.4 is 0 Å². The fraction of sp³-hybridized carbons (Fsp3) is 0.286. The molecule has 1 rings (SSSR count). The quantitative estimate of drug-likeness (QED) is 0.607. The largest absolute Gasteiger partial charge is 0.465 e. The number of ether oxygens (including phenoxy) is 2. The first-order valence-electron chi connectivity index (χ1n) is 5.47. The Morgan fingerprint density at radius 2 is 1.56 bits per heavy atom. The molecule has 1 aromatic carbocycles. The number of allylic oxidation sites excluding steroid dienone is 1. The van der Waals surface area contributed by atoms with Crippen LogP contribution in [-0.4, -0.2) is 26.2 Å². The summed E-state index contributed by atoms with van der Waals surface area (Å²) in [4.78, 5) is 23.1. The minimum atomic E-state index is -0.488. The lowest BCUT2D eigenvalue weighted by atomic mass is 9.96. The smallest absolute Gasteiger partial charge is 0.337 e. The van der Waals surface area contributed by atoms with E-state index in [0.717, 1.165) is 5.56 Å². The second-order valence-corrected chi connectivity index (χ2v) is 3.85. The summed E-state index contributed by atoms with van der Waals surface area (Å²) in [7, 11) is 2.59. The number of carbonyl (C=O) groups is 2. The van der Waals surface area contributed by atoms with Gasteiger partial charge >= 0.3 is 11.9 Å². The molecule has 0 aliphatic rings. The van der Waals surface area contributed by atoms with Gasteiger partial charge in [-0.1, -0.05) is 13.0 Å². The zero-order valence-electron chi connectivity index (χ0n) is 10.7. The maximum atomic E-state index is 11.5. The number of carbonyl (C=O) groups excluding carboxylic acids is 2. The predicted octanol–water partition coefficient (Wildman–Crippen LogP) is 2.55. The van der Waals surface area contributed by atoms with Gasteiger partial charge < -0.3 is 9.47 Å². The van der Waals surface area contributed by atoms with Crippen LogP contribution in [0, 0.1) is 0 Å². The van der Waals surface area contributed by atoms with Gasteiger partial charge in [0.05, 0.1) is 25.3 Å². The van der Waals surface area contributed by atoms with Gasteiger partial charge in [0, 0.05) is 0 Å². The molecule has 0 spiro atoms. The van der Waals surface area contributed by atoms with Crippen molar-refractivity contribution in [1.82, 2.24) is 0 Å². The molecule has 1 atom stereocenters. The standard InChI is InChI=1S/C14H16O4/c1-5-9(2)10-6-11(13(15)17-3)8-12(7-10)14(16)18-4/h5-9H,1H2,2-4H3. The number of methoxy groups -OCH3 is 2. The van der Waals surface area contributed by atoms with Crippen molar-refractivity contribution in [3.8, 4) is 0 Å². The molecule has 0 heterocycles. The van der Waals surface area contributed by atoms with Crippen LogP contribution in [0.25, 0.3) is 0 Å². The summed E-state index contributed by atoms with van der Waals surface area (Å²) in [5.74, 6) is -0.949. The van der Waals surface area contributed by atoms with Gasteiger partial charge in [-0.2, -0.15) is 0 Å². The third kappa shape index (κ3) is 2.97. The molecule has 0 saturated carbocycles. The average Bonchev–Trinajstić information content (AvgIpc) is 2.43. The third-order valence-corrected chi connectivity index (χ3v) is 2.68. The van der Waals surface area contributed by atoms with E-state index < -0.39 is 11.9 Å². The molecule has 0 amide bonds. The van der Waals surface area contributed by atoms with Crippen molar-refractivity contribution >= 4 is 11.9 Å². The van der Waals surface area contributed by atoms with E-state index in [2.05, 4.69) is 16.1 Å². The van der Waals surface area contributed by atoms with Gasteiger partial charge in [0.25, 0.3) is 0 Å². The lowest BCUT2D eigenvalue weighted by Gasteiger charge is -2.10. The molecule has 1 unspecified atom stereocenters. The van der Waals surface area contributed by atoms with Crippen molar-refractivity contribution in [3.05, 3.63) is 47.5 Å². The highest BCUT2D eigenvalue weighted by Gasteiger charge is 2.15. The molecule has 0 aliphatic carbocycles. The first-order valence-corrected chi connectivity index (χ1v) is 5.47. The second-order valence-electron chi connectivity index (χ2n) is 3.85. The summed E-state index contributed by atoms with van der Waals surface area (Å²) < 4.78 is 9.31. The number of rotatable bonds is 4. The molecule has 0 bridgehead atoms. The van der Waals surface area contributed by atoms with Crippen LogP contribution in [0.3, 0.4) is 0 Å². The van der Waals surface area contributed by atoms with Crippen LogP contribution in [0.15, 0.2) is 30.9 Å². The maximum Gasteiger partial charge on any atom is 0.337 e. The molecule has 0 radical (unpaired) electrons. The van der Waals surface area contributed by atoms with Crippen molar-refractivity contribution in [1.29, 1.82) is 0 Å². The molecule has 0 aliphatic heterocycles. The maximum absolute atomic E-state index is 11.5. The van der Waals surface area contributed by atoms with Gasteiger partial charge in [-0.15, -0.1) is 6.58 Å². The molecule has 0 N–H and O–H groups in total. The van der Waals surface area contributed by atoms with Crippen molar-refractivity contribution < 1.29 is 19.1 Å². The summed E-state index contributed by atoms with van der Waals surface area (Å²) in [6.45, 7) is 5.62. The third-order valence-electron chi connectivity index (χ3n) is 2.68. The number of benzene rings is 1. The minimum Gasteiger partial charge on any atom is -0.465 e. The van der Waals surface area contributed by atoms with Gasteiger partial charge in [0.2, 0.25) is 0 Å². The highest BCUT2D eigenvalue weighted by Crippen LogP contribution is 2.21. The normalized spacial score (nSPS) is 11.5. The van der Waals surface area contributed by atoms with E-state index in [1.165, 1.54) is 20.3 Å². The second kappa shape index (κ2) is 6.00. The Morgan fingerprint density at radius 1 is 1.11 bits per heavy atom. The molecule has 1 aromatic rings. The fourth-order valence-electron chi connectivity index (χ4n) is 1.52. The molecular formula is C14H16O4. The number of esters is 2. The van der Waals surface area contributed by atoms with Crippen molar-refractivity contribution in [3.63, 3.8) is 0 Å². The topological polar surface area (TPSA) is 52.6 Å². The van der Waals surface area contributed by atoms with Crippen molar-refractivity contribution in [2.45, 2.75) is 12.8 Å². The Morgan fingerprint density at radius 3 is 1.89 bits per heavy atom. The highest BCUT2D eigenvalue weighted by molar-refractivity contribution is 5.95. The Balaban J connectivity index is 3.32. The lowest BCUT2D eigenvalue weighted by Crippen LogP contribution is -2.08. The average molecular weight is 248 g/mol. The van der Waals surface area contributed by atoms with E-state index in [0.29, 0.717) is 11.1 Å². The van der Waals surface area contributed by atoms with Gasteiger partial charge in [-0.05, 0) is 29.7 Å². The first kappa shape index (κ1) is 14.0. The summed E-state index contributed by atoms with van der Waals surface area (Å²) in [6.07, 6.45) is 1.73. The molecule has 0 saturated heterocycles. The summed E-state index contributed by atoms with van der Waals surface area (Å²) in [5, 5.41) is 0. The molecule has 4 heteroatoms. The van der Waals surface area contributed by atoms with Crippen LogP contribution in [-0.2, 0) is 9.47 Å². The van der Waals surface area contributed by atoms with Gasteiger partial charge in [0.1, 0.15) is 0 Å². The van der Waals surface area contributed by atoms with Gasteiger partial charge in [0.15, 0.2) is 0 Å². The van der Waals surface area contributed by atoms with E-state index in [4.69, 9.17) is 0 Å².